The van der Waals surface area contributed by atoms with E-state index in [-0.39, 0.29) is 12.1 Å². The van der Waals surface area contributed by atoms with Crippen molar-refractivity contribution in [2.45, 2.75) is 45.3 Å². The highest BCUT2D eigenvalue weighted by molar-refractivity contribution is 5.67. The third-order valence-corrected chi connectivity index (χ3v) is 4.16. The van der Waals surface area contributed by atoms with E-state index < -0.39 is 5.60 Å². The number of alkyl carbamates (subject to hydrolysis) is 1. The van der Waals surface area contributed by atoms with Crippen LogP contribution in [0.25, 0.3) is 0 Å². The van der Waals surface area contributed by atoms with Gasteiger partial charge in [0.15, 0.2) is 0 Å². The summed E-state index contributed by atoms with van der Waals surface area (Å²) < 4.78 is 5.26. The number of nitrogens with one attached hydrogen (secondary N) is 1. The number of rotatable bonds is 6. The maximum absolute atomic E-state index is 11.7. The number of carbonyl (C=O) groups excluding carboxylic acids is 1. The Hall–Kier alpha value is -0.850. The van der Waals surface area contributed by atoms with E-state index in [1.165, 1.54) is 25.9 Å². The maximum atomic E-state index is 11.7. The number of ether oxygens (including phenoxy) is 1. The first-order valence-electron chi connectivity index (χ1n) is 8.27. The van der Waals surface area contributed by atoms with Crippen molar-refractivity contribution in [1.82, 2.24) is 15.1 Å². The highest BCUT2D eigenvalue weighted by atomic mass is 16.6. The van der Waals surface area contributed by atoms with Crippen molar-refractivity contribution in [3.63, 3.8) is 0 Å². The maximum Gasteiger partial charge on any atom is 0.407 e. The lowest BCUT2D eigenvalue weighted by Crippen LogP contribution is -2.49. The predicted molar refractivity (Wildman–Crippen MR) is 89.9 cm³/mol. The molecule has 1 unspecified atom stereocenters. The van der Waals surface area contributed by atoms with E-state index >= 15 is 0 Å². The molecule has 0 aliphatic carbocycles. The molecule has 1 saturated heterocycles. The minimum Gasteiger partial charge on any atom is -0.444 e. The van der Waals surface area contributed by atoms with E-state index in [2.05, 4.69) is 29.2 Å². The highest BCUT2D eigenvalue weighted by Gasteiger charge is 2.22. The number of likely N-dealkylation sites (tertiary alicyclic amines) is 1. The van der Waals surface area contributed by atoms with E-state index in [1.807, 2.05) is 20.8 Å². The molecule has 0 aromatic heterocycles. The topological polar surface area (TPSA) is 70.8 Å². The quantitative estimate of drug-likeness (QED) is 0.768. The van der Waals surface area contributed by atoms with Crippen LogP contribution >= 0.6 is 0 Å². The molecule has 130 valence electrons. The molecule has 0 aromatic rings. The zero-order valence-electron chi connectivity index (χ0n) is 14.9. The third-order valence-electron chi connectivity index (χ3n) is 4.16. The van der Waals surface area contributed by atoms with Crippen LogP contribution in [0.4, 0.5) is 4.79 Å². The summed E-state index contributed by atoms with van der Waals surface area (Å²) in [6, 6.07) is 0.146. The van der Waals surface area contributed by atoms with Crippen molar-refractivity contribution >= 4 is 6.09 Å². The van der Waals surface area contributed by atoms with E-state index in [1.54, 1.807) is 0 Å². The number of carbonyl (C=O) groups is 1. The molecule has 1 atom stereocenters. The van der Waals surface area contributed by atoms with Crippen LogP contribution in [0.15, 0.2) is 0 Å². The Kier molecular flexibility index (Phi) is 7.59. The summed E-state index contributed by atoms with van der Waals surface area (Å²) in [6.45, 7) is 10.0. The second-order valence-electron chi connectivity index (χ2n) is 7.46. The van der Waals surface area contributed by atoms with E-state index in [4.69, 9.17) is 10.5 Å². The first-order chi connectivity index (χ1) is 10.2. The van der Waals surface area contributed by atoms with Crippen LogP contribution in [0.2, 0.25) is 0 Å². The highest BCUT2D eigenvalue weighted by Crippen LogP contribution is 2.17. The Morgan fingerprint density at radius 1 is 1.41 bits per heavy atom. The molecular formula is C16H34N4O2. The van der Waals surface area contributed by atoms with Crippen LogP contribution in [0.1, 0.15) is 33.6 Å². The number of hydrogen-bond donors (Lipinski definition) is 2. The summed E-state index contributed by atoms with van der Waals surface area (Å²) in [4.78, 5) is 16.4. The molecular weight excluding hydrogens is 280 g/mol. The van der Waals surface area contributed by atoms with Crippen molar-refractivity contribution in [1.29, 1.82) is 0 Å². The molecule has 0 radical (unpaired) electrons. The molecule has 3 N–H and O–H groups in total. The molecule has 0 spiro atoms. The average molecular weight is 314 g/mol. The SMILES string of the molecule is CN1CCC(CN(C)C(CN)CNC(=O)OC(C)(C)C)CC1. The van der Waals surface area contributed by atoms with Crippen LogP contribution < -0.4 is 11.1 Å². The number of likely N-dealkylation sites (N-methyl/N-ethyl adjacent to an activating group) is 1. The minimum atomic E-state index is -0.470. The largest absolute Gasteiger partial charge is 0.444 e. The summed E-state index contributed by atoms with van der Waals surface area (Å²) in [5.41, 5.74) is 5.40. The monoisotopic (exact) mass is 314 g/mol. The number of piperidine rings is 1. The van der Waals surface area contributed by atoms with Gasteiger partial charge in [0, 0.05) is 25.7 Å². The van der Waals surface area contributed by atoms with Crippen LogP contribution in [0, 0.1) is 5.92 Å². The van der Waals surface area contributed by atoms with Gasteiger partial charge in [-0.3, -0.25) is 0 Å². The summed E-state index contributed by atoms with van der Waals surface area (Å²) in [6.07, 6.45) is 2.09. The second kappa shape index (κ2) is 8.70. The van der Waals surface area contributed by atoms with Gasteiger partial charge in [-0.1, -0.05) is 0 Å². The van der Waals surface area contributed by atoms with Gasteiger partial charge < -0.3 is 25.6 Å². The Morgan fingerprint density at radius 2 is 2.00 bits per heavy atom. The van der Waals surface area contributed by atoms with Crippen LogP contribution in [0.3, 0.4) is 0 Å². The molecule has 1 fully saturated rings. The van der Waals surface area contributed by atoms with Crippen LogP contribution in [0.5, 0.6) is 0 Å². The summed E-state index contributed by atoms with van der Waals surface area (Å²) in [5, 5.41) is 2.82. The molecule has 6 heteroatoms. The molecule has 1 aliphatic rings. The van der Waals surface area contributed by atoms with Crippen molar-refractivity contribution in [3.8, 4) is 0 Å². The lowest BCUT2D eigenvalue weighted by atomic mass is 9.96. The fourth-order valence-electron chi connectivity index (χ4n) is 2.74. The van der Waals surface area contributed by atoms with Crippen molar-refractivity contribution in [2.24, 2.45) is 11.7 Å². The number of hydrogen-bond acceptors (Lipinski definition) is 5. The van der Waals surface area contributed by atoms with E-state index in [0.717, 1.165) is 12.5 Å². The Bertz CT molecular complexity index is 336. The zero-order valence-corrected chi connectivity index (χ0v) is 14.9. The lowest BCUT2D eigenvalue weighted by Gasteiger charge is -2.34. The molecule has 1 amide bonds. The molecule has 0 bridgehead atoms. The standard InChI is InChI=1S/C16H34N4O2/c1-16(2,3)22-15(21)18-11-14(10-17)20(5)12-13-6-8-19(4)9-7-13/h13-14H,6-12,17H2,1-5H3,(H,18,21). The summed E-state index contributed by atoms with van der Waals surface area (Å²) in [7, 11) is 4.26. The molecule has 0 aromatic carbocycles. The van der Waals surface area contributed by atoms with E-state index in [9.17, 15) is 4.79 Å². The van der Waals surface area contributed by atoms with Crippen molar-refractivity contribution < 1.29 is 9.53 Å². The third kappa shape index (κ3) is 7.42. The first-order valence-corrected chi connectivity index (χ1v) is 8.27. The molecule has 1 heterocycles. The minimum absolute atomic E-state index is 0.146. The Labute approximate surface area is 135 Å². The normalized spacial score (nSPS) is 19.2. The number of amides is 1. The van der Waals surface area contributed by atoms with Gasteiger partial charge in [-0.15, -0.1) is 0 Å². The van der Waals surface area contributed by atoms with Gasteiger partial charge in [0.05, 0.1) is 0 Å². The smallest absolute Gasteiger partial charge is 0.407 e. The van der Waals surface area contributed by atoms with Crippen LogP contribution in [-0.2, 0) is 4.74 Å². The van der Waals surface area contributed by atoms with Gasteiger partial charge >= 0.3 is 6.09 Å². The molecule has 22 heavy (non-hydrogen) atoms. The average Bonchev–Trinajstić information content (AvgIpc) is 2.40. The van der Waals surface area contributed by atoms with Gasteiger partial charge in [0.1, 0.15) is 5.60 Å². The van der Waals surface area contributed by atoms with Gasteiger partial charge in [-0.25, -0.2) is 4.79 Å². The lowest BCUT2D eigenvalue weighted by molar-refractivity contribution is 0.0508. The first kappa shape index (κ1) is 19.2. The summed E-state index contributed by atoms with van der Waals surface area (Å²) >= 11 is 0. The molecule has 1 aliphatic heterocycles. The van der Waals surface area contributed by atoms with Gasteiger partial charge in [-0.2, -0.15) is 0 Å². The van der Waals surface area contributed by atoms with E-state index in [0.29, 0.717) is 13.1 Å². The molecule has 6 nitrogen and oxygen atoms in total. The fourth-order valence-corrected chi connectivity index (χ4v) is 2.74. The second-order valence-corrected chi connectivity index (χ2v) is 7.46. The number of nitrogens with zero attached hydrogens (tertiary/aromatic N) is 2. The Balaban J connectivity index is 2.34. The van der Waals surface area contributed by atoms with Crippen molar-refractivity contribution in [2.75, 3.05) is 46.8 Å². The van der Waals surface area contributed by atoms with Crippen LogP contribution in [-0.4, -0.2) is 74.4 Å². The summed E-state index contributed by atoms with van der Waals surface area (Å²) in [5.74, 6) is 0.719. The number of nitrogens with two attached hydrogens (primary N) is 1. The Morgan fingerprint density at radius 3 is 2.50 bits per heavy atom. The zero-order chi connectivity index (χ0) is 16.8. The predicted octanol–water partition coefficient (Wildman–Crippen LogP) is 1.11. The van der Waals surface area contributed by atoms with Gasteiger partial charge in [0.25, 0.3) is 0 Å². The molecule has 1 rings (SSSR count). The van der Waals surface area contributed by atoms with Crippen molar-refractivity contribution in [3.05, 3.63) is 0 Å². The fraction of sp³-hybridized carbons (Fsp3) is 0.938. The van der Waals surface area contributed by atoms with Gasteiger partial charge in [-0.05, 0) is 66.7 Å². The molecule has 0 saturated carbocycles. The van der Waals surface area contributed by atoms with Gasteiger partial charge in [0.2, 0.25) is 0 Å².